The zero-order valence-electron chi connectivity index (χ0n) is 31.0. The van der Waals surface area contributed by atoms with Gasteiger partial charge in [0.1, 0.15) is 0 Å². The largest absolute Gasteiger partial charge is 0.310 e. The monoisotopic (exact) mass is 725 g/mol. The van der Waals surface area contributed by atoms with E-state index in [0.29, 0.717) is 0 Å². The summed E-state index contributed by atoms with van der Waals surface area (Å²) in [5.41, 5.74) is 12.4. The van der Waals surface area contributed by atoms with Gasteiger partial charge in [-0.1, -0.05) is 115 Å². The molecule has 0 radical (unpaired) electrons. The number of hydrogen-bond acceptors (Lipinski definition) is 3. The van der Waals surface area contributed by atoms with Crippen LogP contribution in [0.25, 0.3) is 87.6 Å². The number of nitrogens with zero attached hydrogens (tertiary/aromatic N) is 3. The van der Waals surface area contributed by atoms with Crippen molar-refractivity contribution in [2.45, 2.75) is 0 Å². The molecule has 57 heavy (non-hydrogen) atoms. The summed E-state index contributed by atoms with van der Waals surface area (Å²) >= 11 is 0. The Morgan fingerprint density at radius 1 is 0.298 bits per heavy atom. The lowest BCUT2D eigenvalue weighted by atomic mass is 9.89. The van der Waals surface area contributed by atoms with E-state index in [9.17, 15) is 0 Å². The summed E-state index contributed by atoms with van der Waals surface area (Å²) in [5.74, 6) is 0. The van der Waals surface area contributed by atoms with Gasteiger partial charge in [0.25, 0.3) is 0 Å². The molecule has 0 saturated heterocycles. The highest BCUT2D eigenvalue weighted by Gasteiger charge is 2.19. The second-order valence-electron chi connectivity index (χ2n) is 14.7. The maximum atomic E-state index is 4.47. The van der Waals surface area contributed by atoms with Gasteiger partial charge < -0.3 is 4.90 Å². The van der Waals surface area contributed by atoms with E-state index in [-0.39, 0.29) is 0 Å². The van der Waals surface area contributed by atoms with Crippen molar-refractivity contribution in [3.8, 4) is 44.5 Å². The fourth-order valence-electron chi connectivity index (χ4n) is 8.58. The predicted molar refractivity (Wildman–Crippen MR) is 240 cm³/mol. The third kappa shape index (κ3) is 5.85. The van der Waals surface area contributed by atoms with Crippen LogP contribution in [-0.4, -0.2) is 9.97 Å². The summed E-state index contributed by atoms with van der Waals surface area (Å²) in [4.78, 5) is 11.3. The number of hydrogen-bond donors (Lipinski definition) is 0. The van der Waals surface area contributed by atoms with Crippen LogP contribution in [0.1, 0.15) is 0 Å². The van der Waals surface area contributed by atoms with E-state index in [1.807, 2.05) is 36.9 Å². The van der Waals surface area contributed by atoms with Crippen molar-refractivity contribution in [3.63, 3.8) is 0 Å². The van der Waals surface area contributed by atoms with E-state index in [2.05, 4.69) is 191 Å². The minimum absolute atomic E-state index is 1.05. The van der Waals surface area contributed by atoms with Crippen molar-refractivity contribution >= 4 is 60.2 Å². The van der Waals surface area contributed by atoms with Gasteiger partial charge in [0.2, 0.25) is 0 Å². The summed E-state index contributed by atoms with van der Waals surface area (Å²) in [6.45, 7) is 0. The Morgan fingerprint density at radius 2 is 0.789 bits per heavy atom. The summed E-state index contributed by atoms with van der Waals surface area (Å²) < 4.78 is 0. The molecule has 3 heteroatoms. The van der Waals surface area contributed by atoms with Gasteiger partial charge in [-0.15, -0.1) is 0 Å². The molecule has 11 rings (SSSR count). The molecule has 0 atom stereocenters. The van der Waals surface area contributed by atoms with Crippen molar-refractivity contribution < 1.29 is 0 Å². The standard InChI is InChI=1S/C54H35N3/c1-2-9-36(10-3-1)45-27-39-17-19-41-29-46(30-42-20-18-40(28-45)53(39)54(41)42)37-21-23-49(24-22-37)57(52-16-6-12-38-11-4-5-15-51(38)52)50-32-47(43-13-7-25-55-34-43)31-48(33-50)44-14-8-26-56-35-44/h1-35H. The van der Waals surface area contributed by atoms with Crippen LogP contribution in [0.5, 0.6) is 0 Å². The van der Waals surface area contributed by atoms with Crippen LogP contribution in [0.4, 0.5) is 17.1 Å². The van der Waals surface area contributed by atoms with Gasteiger partial charge in [-0.05, 0) is 144 Å². The molecule has 0 spiro atoms. The van der Waals surface area contributed by atoms with E-state index in [0.717, 1.165) is 39.3 Å². The molecular weight excluding hydrogens is 691 g/mol. The summed E-state index contributed by atoms with van der Waals surface area (Å²) in [5, 5.41) is 10.1. The molecule has 0 aliphatic rings. The molecule has 9 aromatic carbocycles. The number of fused-ring (bicyclic) bond motifs is 1. The van der Waals surface area contributed by atoms with Crippen LogP contribution in [0.3, 0.4) is 0 Å². The lowest BCUT2D eigenvalue weighted by molar-refractivity contribution is 1.29. The van der Waals surface area contributed by atoms with Gasteiger partial charge >= 0.3 is 0 Å². The van der Waals surface area contributed by atoms with E-state index < -0.39 is 0 Å². The second-order valence-corrected chi connectivity index (χ2v) is 14.7. The Labute approximate surface area is 331 Å². The maximum Gasteiger partial charge on any atom is 0.0540 e. The van der Waals surface area contributed by atoms with E-state index in [1.54, 1.807) is 0 Å². The van der Waals surface area contributed by atoms with Crippen LogP contribution in [0.15, 0.2) is 213 Å². The van der Waals surface area contributed by atoms with Crippen molar-refractivity contribution in [2.24, 2.45) is 0 Å². The molecule has 3 nitrogen and oxygen atoms in total. The predicted octanol–water partition coefficient (Wildman–Crippen LogP) is 14.7. The molecule has 0 amide bonds. The van der Waals surface area contributed by atoms with Crippen LogP contribution < -0.4 is 4.90 Å². The highest BCUT2D eigenvalue weighted by atomic mass is 15.1. The number of anilines is 3. The average Bonchev–Trinajstić information content (AvgIpc) is 3.29. The van der Waals surface area contributed by atoms with Crippen molar-refractivity contribution in [1.82, 2.24) is 9.97 Å². The van der Waals surface area contributed by atoms with Crippen molar-refractivity contribution in [3.05, 3.63) is 213 Å². The van der Waals surface area contributed by atoms with Crippen LogP contribution in [0.2, 0.25) is 0 Å². The van der Waals surface area contributed by atoms with Gasteiger partial charge in [0.15, 0.2) is 0 Å². The number of benzene rings is 9. The molecule has 0 N–H and O–H groups in total. The van der Waals surface area contributed by atoms with E-state index >= 15 is 0 Å². The molecule has 0 fully saturated rings. The Hall–Kier alpha value is -7.62. The lowest BCUT2D eigenvalue weighted by Crippen LogP contribution is -2.11. The summed E-state index contributed by atoms with van der Waals surface area (Å²) in [7, 11) is 0. The first-order valence-electron chi connectivity index (χ1n) is 19.4. The van der Waals surface area contributed by atoms with Crippen LogP contribution >= 0.6 is 0 Å². The molecule has 0 saturated carbocycles. The smallest absolute Gasteiger partial charge is 0.0540 e. The van der Waals surface area contributed by atoms with Crippen molar-refractivity contribution in [2.75, 3.05) is 4.90 Å². The summed E-state index contributed by atoms with van der Waals surface area (Å²) in [6.07, 6.45) is 7.50. The molecule has 11 aromatic rings. The Balaban J connectivity index is 1.05. The Bertz CT molecular complexity index is 3080. The normalized spacial score (nSPS) is 11.5. The van der Waals surface area contributed by atoms with Gasteiger partial charge in [-0.25, -0.2) is 0 Å². The first-order valence-corrected chi connectivity index (χ1v) is 19.4. The minimum atomic E-state index is 1.05. The van der Waals surface area contributed by atoms with Crippen LogP contribution in [-0.2, 0) is 0 Å². The SMILES string of the molecule is c1ccc(-c2cc3ccc4cc(-c5ccc(N(c6cc(-c7cccnc7)cc(-c7cccnc7)c6)c6cccc7ccccc67)cc5)cc5ccc(c2)c3c45)cc1. The fraction of sp³-hybridized carbons (Fsp3) is 0. The second kappa shape index (κ2) is 13.6. The first-order chi connectivity index (χ1) is 28.2. The summed E-state index contributed by atoms with van der Waals surface area (Å²) in [6, 6.07) is 68.4. The Morgan fingerprint density at radius 3 is 1.35 bits per heavy atom. The lowest BCUT2D eigenvalue weighted by Gasteiger charge is -2.28. The zero-order valence-corrected chi connectivity index (χ0v) is 31.0. The van der Waals surface area contributed by atoms with Gasteiger partial charge in [0, 0.05) is 52.7 Å². The highest BCUT2D eigenvalue weighted by Crippen LogP contribution is 2.44. The molecule has 0 aliphatic heterocycles. The quantitative estimate of drug-likeness (QED) is 0.153. The number of aromatic nitrogens is 2. The molecule has 266 valence electrons. The highest BCUT2D eigenvalue weighted by molar-refractivity contribution is 6.24. The molecule has 0 aliphatic carbocycles. The third-order valence-corrected chi connectivity index (χ3v) is 11.3. The number of rotatable bonds is 7. The van der Waals surface area contributed by atoms with Gasteiger partial charge in [-0.3, -0.25) is 9.97 Å². The van der Waals surface area contributed by atoms with Gasteiger partial charge in [-0.2, -0.15) is 0 Å². The topological polar surface area (TPSA) is 29.0 Å². The van der Waals surface area contributed by atoms with Crippen molar-refractivity contribution in [1.29, 1.82) is 0 Å². The van der Waals surface area contributed by atoms with Gasteiger partial charge in [0.05, 0.1) is 5.69 Å². The Kier molecular flexibility index (Phi) is 7.82. The van der Waals surface area contributed by atoms with E-state index in [1.165, 1.54) is 65.3 Å². The first kappa shape index (κ1) is 32.8. The zero-order chi connectivity index (χ0) is 37.7. The molecule has 2 aromatic heterocycles. The minimum Gasteiger partial charge on any atom is -0.310 e. The molecule has 0 unspecified atom stereocenters. The molecule has 0 bridgehead atoms. The molecular formula is C54H35N3. The third-order valence-electron chi connectivity index (χ3n) is 11.3. The average molecular weight is 726 g/mol. The molecule has 2 heterocycles. The number of pyridine rings is 2. The van der Waals surface area contributed by atoms with Crippen LogP contribution in [0, 0.1) is 0 Å². The fourth-order valence-corrected chi connectivity index (χ4v) is 8.58. The maximum absolute atomic E-state index is 4.47. The van der Waals surface area contributed by atoms with E-state index in [4.69, 9.17) is 0 Å².